The molecule has 4 nitrogen and oxygen atoms in total. The predicted molar refractivity (Wildman–Crippen MR) is 63.7 cm³/mol. The van der Waals surface area contributed by atoms with E-state index in [4.69, 9.17) is 0 Å². The van der Waals surface area contributed by atoms with Crippen molar-refractivity contribution < 1.29 is 4.79 Å². The molecule has 0 aromatic carbocycles. The number of carbonyl (C=O) groups is 1. The molecule has 90 valence electrons. The summed E-state index contributed by atoms with van der Waals surface area (Å²) < 4.78 is 0. The molecule has 0 aromatic rings. The first-order chi connectivity index (χ1) is 7.61. The van der Waals surface area contributed by atoms with E-state index in [1.54, 1.807) is 6.92 Å². The number of rotatable bonds is 4. The maximum atomic E-state index is 11.3. The minimum absolute atomic E-state index is 0.107. The van der Waals surface area contributed by atoms with Gasteiger partial charge >= 0.3 is 0 Å². The fourth-order valence-corrected chi connectivity index (χ4v) is 2.58. The van der Waals surface area contributed by atoms with E-state index in [-0.39, 0.29) is 5.91 Å². The summed E-state index contributed by atoms with van der Waals surface area (Å²) in [5.41, 5.74) is 6.74. The zero-order chi connectivity index (χ0) is 11.6. The highest BCUT2D eigenvalue weighted by atomic mass is 16.2. The van der Waals surface area contributed by atoms with E-state index >= 15 is 0 Å². The summed E-state index contributed by atoms with van der Waals surface area (Å²) in [6.07, 6.45) is 3.76. The van der Waals surface area contributed by atoms with Crippen molar-refractivity contribution >= 4 is 5.91 Å². The zero-order valence-corrected chi connectivity index (χ0v) is 10.0. The van der Waals surface area contributed by atoms with Crippen molar-refractivity contribution in [3.63, 3.8) is 0 Å². The maximum Gasteiger partial charge on any atom is 0.260 e. The third-order valence-corrected chi connectivity index (χ3v) is 3.93. The molecule has 2 bridgehead atoms. The first-order valence-corrected chi connectivity index (χ1v) is 6.02. The molecule has 3 aliphatic heterocycles. The molecule has 0 spiro atoms. The summed E-state index contributed by atoms with van der Waals surface area (Å²) in [5, 5.41) is 0. The topological polar surface area (TPSA) is 44.4 Å². The Labute approximate surface area is 97.0 Å². The molecule has 16 heavy (non-hydrogen) atoms. The number of amides is 1. The van der Waals surface area contributed by atoms with Crippen LogP contribution in [-0.4, -0.2) is 37.0 Å². The molecule has 3 saturated heterocycles. The van der Waals surface area contributed by atoms with Gasteiger partial charge in [0.2, 0.25) is 0 Å². The van der Waals surface area contributed by atoms with E-state index in [1.165, 1.54) is 38.9 Å². The van der Waals surface area contributed by atoms with Gasteiger partial charge < -0.3 is 4.90 Å². The third-order valence-electron chi connectivity index (χ3n) is 3.93. The number of hydrogen-bond acceptors (Lipinski definition) is 3. The van der Waals surface area contributed by atoms with Crippen LogP contribution in [0.2, 0.25) is 0 Å². The quantitative estimate of drug-likeness (QED) is 0.544. The second-order valence-electron chi connectivity index (χ2n) is 5.18. The number of nitrogens with one attached hydrogen (secondary N) is 2. The Morgan fingerprint density at radius 3 is 2.38 bits per heavy atom. The van der Waals surface area contributed by atoms with Crippen LogP contribution in [0.3, 0.4) is 0 Å². The van der Waals surface area contributed by atoms with Gasteiger partial charge in [0.1, 0.15) is 0 Å². The van der Waals surface area contributed by atoms with Crippen molar-refractivity contribution in [2.75, 3.05) is 26.2 Å². The predicted octanol–water partition coefficient (Wildman–Crippen LogP) is 0.669. The average Bonchev–Trinajstić information content (AvgIpc) is 2.31. The van der Waals surface area contributed by atoms with E-state index < -0.39 is 0 Å². The SMILES string of the molecule is C=C(C)C(=O)NNCC12CCN(CC1)CC2. The lowest BCUT2D eigenvalue weighted by Gasteiger charge is -2.48. The molecule has 0 aliphatic carbocycles. The Balaban J connectivity index is 1.77. The van der Waals surface area contributed by atoms with Crippen molar-refractivity contribution in [1.82, 2.24) is 15.8 Å². The van der Waals surface area contributed by atoms with E-state index in [0.29, 0.717) is 11.0 Å². The van der Waals surface area contributed by atoms with Gasteiger partial charge in [0.05, 0.1) is 0 Å². The molecule has 3 heterocycles. The van der Waals surface area contributed by atoms with Crippen LogP contribution in [0.5, 0.6) is 0 Å². The number of hydrazine groups is 1. The molecule has 3 rings (SSSR count). The Morgan fingerprint density at radius 2 is 1.88 bits per heavy atom. The fourth-order valence-electron chi connectivity index (χ4n) is 2.58. The normalized spacial score (nSPS) is 32.4. The van der Waals surface area contributed by atoms with E-state index in [1.807, 2.05) is 0 Å². The fraction of sp³-hybridized carbons (Fsp3) is 0.750. The largest absolute Gasteiger partial charge is 0.303 e. The van der Waals surface area contributed by atoms with Gasteiger partial charge in [-0.05, 0) is 51.2 Å². The van der Waals surface area contributed by atoms with Gasteiger partial charge in [-0.3, -0.25) is 10.2 Å². The summed E-state index contributed by atoms with van der Waals surface area (Å²) in [4.78, 5) is 13.8. The van der Waals surface area contributed by atoms with Crippen molar-refractivity contribution in [1.29, 1.82) is 0 Å². The van der Waals surface area contributed by atoms with Gasteiger partial charge in [-0.2, -0.15) is 0 Å². The lowest BCUT2D eigenvalue weighted by Crippen LogP contribution is -2.54. The Kier molecular flexibility index (Phi) is 3.30. The van der Waals surface area contributed by atoms with Gasteiger partial charge in [0.25, 0.3) is 5.91 Å². The molecular formula is C12H21N3O. The lowest BCUT2D eigenvalue weighted by molar-refractivity contribution is -0.118. The van der Waals surface area contributed by atoms with Crippen molar-refractivity contribution in [3.05, 3.63) is 12.2 Å². The number of piperidine rings is 3. The monoisotopic (exact) mass is 223 g/mol. The van der Waals surface area contributed by atoms with Crippen molar-refractivity contribution in [3.8, 4) is 0 Å². The standard InChI is InChI=1S/C12H21N3O/c1-10(2)11(16)14-13-9-12-3-6-15(7-4-12)8-5-12/h13H,1,3-9H2,2H3,(H,14,16). The molecule has 4 heteroatoms. The van der Waals surface area contributed by atoms with Crippen LogP contribution < -0.4 is 10.9 Å². The van der Waals surface area contributed by atoms with Crippen molar-refractivity contribution in [2.24, 2.45) is 5.41 Å². The summed E-state index contributed by atoms with van der Waals surface area (Å²) >= 11 is 0. The van der Waals surface area contributed by atoms with Gasteiger partial charge in [-0.1, -0.05) is 6.58 Å². The summed E-state index contributed by atoms with van der Waals surface area (Å²) in [5.74, 6) is -0.107. The third kappa shape index (κ3) is 2.44. The van der Waals surface area contributed by atoms with Crippen LogP contribution in [0, 0.1) is 5.41 Å². The lowest BCUT2D eigenvalue weighted by atomic mass is 9.72. The minimum atomic E-state index is -0.107. The molecule has 0 aromatic heterocycles. The Hall–Kier alpha value is -0.870. The minimum Gasteiger partial charge on any atom is -0.303 e. The molecule has 1 amide bonds. The number of nitrogens with zero attached hydrogens (tertiary/aromatic N) is 1. The molecule has 0 unspecified atom stereocenters. The van der Waals surface area contributed by atoms with Crippen LogP contribution in [0.15, 0.2) is 12.2 Å². The highest BCUT2D eigenvalue weighted by Crippen LogP contribution is 2.39. The molecule has 0 atom stereocenters. The second kappa shape index (κ2) is 4.55. The van der Waals surface area contributed by atoms with Gasteiger partial charge in [-0.15, -0.1) is 0 Å². The molecule has 2 N–H and O–H groups in total. The molecule has 3 fully saturated rings. The number of hydrogen-bond donors (Lipinski definition) is 2. The maximum absolute atomic E-state index is 11.3. The van der Waals surface area contributed by atoms with Gasteiger partial charge in [0, 0.05) is 12.1 Å². The molecule has 0 radical (unpaired) electrons. The van der Waals surface area contributed by atoms with E-state index in [9.17, 15) is 4.79 Å². The Bertz CT molecular complexity index is 279. The second-order valence-corrected chi connectivity index (χ2v) is 5.18. The van der Waals surface area contributed by atoms with Crippen LogP contribution in [-0.2, 0) is 4.79 Å². The first-order valence-electron chi connectivity index (χ1n) is 6.02. The van der Waals surface area contributed by atoms with Crippen LogP contribution >= 0.6 is 0 Å². The van der Waals surface area contributed by atoms with Crippen molar-refractivity contribution in [2.45, 2.75) is 26.2 Å². The first kappa shape index (κ1) is 11.6. The smallest absolute Gasteiger partial charge is 0.260 e. The van der Waals surface area contributed by atoms with E-state index in [0.717, 1.165) is 6.54 Å². The summed E-state index contributed by atoms with van der Waals surface area (Å²) in [6.45, 7) is 9.87. The van der Waals surface area contributed by atoms with Crippen LogP contribution in [0.25, 0.3) is 0 Å². The zero-order valence-electron chi connectivity index (χ0n) is 10.0. The number of fused-ring (bicyclic) bond motifs is 3. The number of carbonyl (C=O) groups excluding carboxylic acids is 1. The molecule has 3 aliphatic rings. The molecular weight excluding hydrogens is 202 g/mol. The average molecular weight is 223 g/mol. The van der Waals surface area contributed by atoms with Crippen LogP contribution in [0.4, 0.5) is 0 Å². The highest BCUT2D eigenvalue weighted by molar-refractivity contribution is 5.91. The van der Waals surface area contributed by atoms with Gasteiger partial charge in [-0.25, -0.2) is 5.43 Å². The van der Waals surface area contributed by atoms with Gasteiger partial charge in [0.15, 0.2) is 0 Å². The van der Waals surface area contributed by atoms with E-state index in [2.05, 4.69) is 22.3 Å². The van der Waals surface area contributed by atoms with Crippen LogP contribution in [0.1, 0.15) is 26.2 Å². The Morgan fingerprint density at radius 1 is 1.31 bits per heavy atom. The summed E-state index contributed by atoms with van der Waals surface area (Å²) in [6, 6.07) is 0. The molecule has 0 saturated carbocycles. The highest BCUT2D eigenvalue weighted by Gasteiger charge is 2.38. The summed E-state index contributed by atoms with van der Waals surface area (Å²) in [7, 11) is 0.